The second kappa shape index (κ2) is 6.26. The molecular formula is C17H17NO5S. The summed E-state index contributed by atoms with van der Waals surface area (Å²) in [6, 6.07) is 8.09. The first-order valence-corrected chi connectivity index (χ1v) is 8.79. The lowest BCUT2D eigenvalue weighted by Gasteiger charge is -2.27. The van der Waals surface area contributed by atoms with Crippen molar-refractivity contribution in [3.8, 4) is 0 Å². The number of hydrogen-bond donors (Lipinski definition) is 0. The zero-order valence-corrected chi connectivity index (χ0v) is 14.1. The number of hydrogen-bond acceptors (Lipinski definition) is 5. The van der Waals surface area contributed by atoms with E-state index in [4.69, 9.17) is 9.15 Å². The molecule has 2 atom stereocenters. The number of furan rings is 1. The van der Waals surface area contributed by atoms with Gasteiger partial charge < -0.3 is 9.15 Å². The number of nitrogens with zero attached hydrogens (tertiary/aromatic N) is 1. The molecule has 1 aromatic carbocycles. The first-order valence-electron chi connectivity index (χ1n) is 7.35. The van der Waals surface area contributed by atoms with Crippen LogP contribution in [-0.4, -0.2) is 31.8 Å². The summed E-state index contributed by atoms with van der Waals surface area (Å²) < 4.78 is 37.5. The van der Waals surface area contributed by atoms with Gasteiger partial charge in [0.25, 0.3) is 0 Å². The molecule has 0 spiro atoms. The van der Waals surface area contributed by atoms with Crippen LogP contribution < -0.4 is 0 Å². The van der Waals surface area contributed by atoms with Crippen molar-refractivity contribution < 1.29 is 22.4 Å². The summed E-state index contributed by atoms with van der Waals surface area (Å²) in [4.78, 5) is 12.2. The molecular weight excluding hydrogens is 330 g/mol. The van der Waals surface area contributed by atoms with Gasteiger partial charge in [0.2, 0.25) is 10.0 Å². The fourth-order valence-electron chi connectivity index (χ4n) is 2.67. The zero-order chi connectivity index (χ0) is 17.3. The summed E-state index contributed by atoms with van der Waals surface area (Å²) in [7, 11) is -2.70. The van der Waals surface area contributed by atoms with E-state index in [0.29, 0.717) is 5.76 Å². The van der Waals surface area contributed by atoms with Crippen LogP contribution in [0.5, 0.6) is 0 Å². The van der Waals surface area contributed by atoms with Crippen molar-refractivity contribution in [2.45, 2.75) is 23.9 Å². The third kappa shape index (κ3) is 2.76. The molecule has 0 saturated carbocycles. The van der Waals surface area contributed by atoms with E-state index < -0.39 is 28.1 Å². The second-order valence-corrected chi connectivity index (χ2v) is 7.30. The highest BCUT2D eigenvalue weighted by Gasteiger charge is 2.44. The molecule has 0 unspecified atom stereocenters. The van der Waals surface area contributed by atoms with E-state index in [1.165, 1.54) is 31.6 Å². The van der Waals surface area contributed by atoms with Gasteiger partial charge in [-0.05, 0) is 31.2 Å². The Labute approximate surface area is 140 Å². The summed E-state index contributed by atoms with van der Waals surface area (Å²) in [5, 5.41) is 0. The van der Waals surface area contributed by atoms with Gasteiger partial charge in [-0.3, -0.25) is 0 Å². The van der Waals surface area contributed by atoms with Gasteiger partial charge in [-0.25, -0.2) is 13.2 Å². The van der Waals surface area contributed by atoms with Crippen molar-refractivity contribution in [1.29, 1.82) is 0 Å². The molecule has 24 heavy (non-hydrogen) atoms. The maximum atomic E-state index is 13.1. The monoisotopic (exact) mass is 347 g/mol. The highest BCUT2D eigenvalue weighted by Crippen LogP contribution is 2.36. The molecule has 0 aliphatic carbocycles. The highest BCUT2D eigenvalue weighted by molar-refractivity contribution is 7.89. The van der Waals surface area contributed by atoms with E-state index in [9.17, 15) is 13.2 Å². The molecule has 7 heteroatoms. The van der Waals surface area contributed by atoms with Crippen LogP contribution in [0.4, 0.5) is 0 Å². The molecule has 2 heterocycles. The summed E-state index contributed by atoms with van der Waals surface area (Å²) in [6.45, 7) is 1.87. The number of sulfonamides is 1. The summed E-state index contributed by atoms with van der Waals surface area (Å²) in [6.07, 6.45) is 4.61. The van der Waals surface area contributed by atoms with E-state index >= 15 is 0 Å². The van der Waals surface area contributed by atoms with Gasteiger partial charge in [0.1, 0.15) is 17.8 Å². The quantitative estimate of drug-likeness (QED) is 0.627. The van der Waals surface area contributed by atoms with Gasteiger partial charge in [-0.2, -0.15) is 4.31 Å². The predicted molar refractivity (Wildman–Crippen MR) is 86.6 cm³/mol. The van der Waals surface area contributed by atoms with Crippen LogP contribution in [0.2, 0.25) is 0 Å². The van der Waals surface area contributed by atoms with Crippen molar-refractivity contribution >= 4 is 16.0 Å². The zero-order valence-electron chi connectivity index (χ0n) is 13.2. The Hall–Kier alpha value is -2.38. The molecule has 0 amide bonds. The Balaban J connectivity index is 2.07. The van der Waals surface area contributed by atoms with Gasteiger partial charge in [-0.1, -0.05) is 29.8 Å². The molecule has 126 valence electrons. The van der Waals surface area contributed by atoms with E-state index in [1.807, 2.05) is 6.92 Å². The number of methoxy groups -OCH3 is 1. The van der Waals surface area contributed by atoms with Gasteiger partial charge in [0, 0.05) is 0 Å². The maximum Gasteiger partial charge on any atom is 0.328 e. The average Bonchev–Trinajstić information content (AvgIpc) is 3.23. The molecule has 0 radical (unpaired) electrons. The fraction of sp³-hybridized carbons (Fsp3) is 0.235. The Kier molecular flexibility index (Phi) is 4.29. The van der Waals surface area contributed by atoms with Gasteiger partial charge >= 0.3 is 5.97 Å². The number of carbonyl (C=O) groups is 1. The van der Waals surface area contributed by atoms with Crippen LogP contribution in [0.15, 0.2) is 64.1 Å². The van der Waals surface area contributed by atoms with Crippen molar-refractivity contribution in [2.75, 3.05) is 7.11 Å². The molecule has 0 N–H and O–H groups in total. The summed E-state index contributed by atoms with van der Waals surface area (Å²) >= 11 is 0. The van der Waals surface area contributed by atoms with Gasteiger partial charge in [0.15, 0.2) is 0 Å². The Morgan fingerprint density at radius 1 is 1.17 bits per heavy atom. The van der Waals surface area contributed by atoms with E-state index in [-0.39, 0.29) is 4.90 Å². The minimum atomic E-state index is -3.92. The largest absolute Gasteiger partial charge is 0.468 e. The number of ether oxygens (including phenoxy) is 1. The molecule has 0 saturated heterocycles. The molecule has 3 rings (SSSR count). The highest BCUT2D eigenvalue weighted by atomic mass is 32.2. The summed E-state index contributed by atoms with van der Waals surface area (Å²) in [5.41, 5.74) is 0.945. The second-order valence-electron chi connectivity index (χ2n) is 5.46. The van der Waals surface area contributed by atoms with E-state index in [1.54, 1.807) is 30.3 Å². The minimum absolute atomic E-state index is 0.113. The molecule has 0 bridgehead atoms. The van der Waals surface area contributed by atoms with Crippen molar-refractivity contribution in [3.63, 3.8) is 0 Å². The lowest BCUT2D eigenvalue weighted by molar-refractivity contribution is -0.143. The lowest BCUT2D eigenvalue weighted by Crippen LogP contribution is -2.42. The number of carbonyl (C=O) groups excluding carboxylic acids is 1. The molecule has 0 fully saturated rings. The third-order valence-electron chi connectivity index (χ3n) is 3.90. The van der Waals surface area contributed by atoms with Gasteiger partial charge in [-0.15, -0.1) is 0 Å². The standard InChI is InChI=1S/C17H17NO5S/c1-12-5-7-13(8-6-12)24(20,21)18-14(16-4-3-11-23-16)9-10-15(18)17(19)22-2/h3-11,14-15H,1-2H3/t14-,15+/m1/s1. The van der Waals surface area contributed by atoms with Crippen LogP contribution in [0, 0.1) is 6.92 Å². The maximum absolute atomic E-state index is 13.1. The number of aryl methyl sites for hydroxylation is 1. The average molecular weight is 347 g/mol. The third-order valence-corrected chi connectivity index (χ3v) is 5.77. The minimum Gasteiger partial charge on any atom is -0.468 e. The van der Waals surface area contributed by atoms with Crippen LogP contribution in [0.25, 0.3) is 0 Å². The smallest absolute Gasteiger partial charge is 0.328 e. The first kappa shape index (κ1) is 16.5. The Morgan fingerprint density at radius 3 is 2.46 bits per heavy atom. The number of rotatable bonds is 4. The Morgan fingerprint density at radius 2 is 1.88 bits per heavy atom. The number of benzene rings is 1. The van der Waals surface area contributed by atoms with Crippen molar-refractivity contribution in [3.05, 3.63) is 66.1 Å². The first-order chi connectivity index (χ1) is 11.4. The topological polar surface area (TPSA) is 76.8 Å². The lowest BCUT2D eigenvalue weighted by atomic mass is 10.2. The molecule has 1 aliphatic rings. The molecule has 2 aromatic rings. The van der Waals surface area contributed by atoms with E-state index in [2.05, 4.69) is 0 Å². The fourth-order valence-corrected chi connectivity index (χ4v) is 4.32. The van der Waals surface area contributed by atoms with Gasteiger partial charge in [0.05, 0.1) is 18.3 Å². The van der Waals surface area contributed by atoms with Crippen LogP contribution >= 0.6 is 0 Å². The molecule has 1 aliphatic heterocycles. The van der Waals surface area contributed by atoms with Crippen LogP contribution in [-0.2, 0) is 19.6 Å². The summed E-state index contributed by atoms with van der Waals surface area (Å²) in [5.74, 6) is -0.204. The van der Waals surface area contributed by atoms with E-state index in [0.717, 1.165) is 9.87 Å². The predicted octanol–water partition coefficient (Wildman–Crippen LogP) is 2.43. The SMILES string of the molecule is COC(=O)[C@@H]1C=C[C@H](c2ccco2)N1S(=O)(=O)c1ccc(C)cc1. The van der Waals surface area contributed by atoms with Crippen LogP contribution in [0.1, 0.15) is 17.4 Å². The molecule has 1 aromatic heterocycles. The normalized spacial score (nSPS) is 21.1. The number of esters is 1. The van der Waals surface area contributed by atoms with Crippen LogP contribution in [0.3, 0.4) is 0 Å². The van der Waals surface area contributed by atoms with Crippen molar-refractivity contribution in [2.24, 2.45) is 0 Å². The van der Waals surface area contributed by atoms with Crippen molar-refractivity contribution in [1.82, 2.24) is 4.31 Å². The molecule has 6 nitrogen and oxygen atoms in total. The Bertz CT molecular complexity index is 853.